The molecule has 0 spiro atoms. The number of hydrogen-bond acceptors (Lipinski definition) is 4. The van der Waals surface area contributed by atoms with Crippen molar-refractivity contribution >= 4 is 18.1 Å². The van der Waals surface area contributed by atoms with E-state index in [-0.39, 0.29) is 0 Å². The molecule has 0 aliphatic rings. The summed E-state index contributed by atoms with van der Waals surface area (Å²) in [6.45, 7) is -0.403. The summed E-state index contributed by atoms with van der Waals surface area (Å²) in [6.07, 6.45) is 3.55. The number of ether oxygens (including phenoxy) is 1. The predicted molar refractivity (Wildman–Crippen MR) is 116 cm³/mol. The highest BCUT2D eigenvalue weighted by atomic mass is 16.5. The second-order valence-corrected chi connectivity index (χ2v) is 6.52. The van der Waals surface area contributed by atoms with Crippen molar-refractivity contribution < 1.29 is 19.1 Å². The third-order valence-electron chi connectivity index (χ3n) is 4.40. The van der Waals surface area contributed by atoms with Crippen LogP contribution in [-0.4, -0.2) is 22.7 Å². The van der Waals surface area contributed by atoms with Crippen molar-refractivity contribution in [3.63, 3.8) is 0 Å². The van der Waals surface area contributed by atoms with Gasteiger partial charge in [-0.1, -0.05) is 78.9 Å². The van der Waals surface area contributed by atoms with E-state index in [4.69, 9.17) is 14.3 Å². The van der Waals surface area contributed by atoms with E-state index >= 15 is 0 Å². The third kappa shape index (κ3) is 4.47. The van der Waals surface area contributed by atoms with E-state index < -0.39 is 12.6 Å². The van der Waals surface area contributed by atoms with Crippen molar-refractivity contribution in [2.45, 2.75) is 0 Å². The van der Waals surface area contributed by atoms with Crippen molar-refractivity contribution in [3.8, 4) is 28.3 Å². The molecule has 4 rings (SSSR count). The van der Waals surface area contributed by atoms with Crippen LogP contribution in [0.3, 0.4) is 0 Å². The number of aromatic nitrogens is 1. The Bertz CT molecular complexity index is 1110. The fourth-order valence-corrected chi connectivity index (χ4v) is 3.04. The normalized spacial score (nSPS) is 10.9. The molecule has 0 amide bonds. The van der Waals surface area contributed by atoms with Gasteiger partial charge in [-0.25, -0.2) is 9.78 Å². The molecule has 0 fully saturated rings. The average Bonchev–Trinajstić information content (AvgIpc) is 3.22. The molecule has 0 aliphatic carbocycles. The van der Waals surface area contributed by atoms with Crippen molar-refractivity contribution in [2.24, 2.45) is 0 Å². The molecule has 0 saturated carbocycles. The lowest BCUT2D eigenvalue weighted by Crippen LogP contribution is -2.09. The van der Waals surface area contributed by atoms with Crippen LogP contribution in [-0.2, 0) is 4.79 Å². The van der Waals surface area contributed by atoms with Crippen LogP contribution < -0.4 is 4.74 Å². The Labute approximate surface area is 173 Å². The quantitative estimate of drug-likeness (QED) is 0.437. The van der Waals surface area contributed by atoms with Gasteiger partial charge in [0.1, 0.15) is 11.4 Å². The first-order valence-electron chi connectivity index (χ1n) is 9.44. The SMILES string of the molecule is O=C(O)COc1ccccc1/C=C/c1nc(-c2ccccc2)c(-c2ccccc2)o1. The molecular formula is C25H19NO4. The van der Waals surface area contributed by atoms with E-state index in [1.54, 1.807) is 24.3 Å². The molecular weight excluding hydrogens is 378 g/mol. The first-order chi connectivity index (χ1) is 14.7. The minimum atomic E-state index is -1.03. The van der Waals surface area contributed by atoms with Crippen molar-refractivity contribution in [2.75, 3.05) is 6.61 Å². The number of rotatable bonds is 7. The first kappa shape index (κ1) is 19.2. The van der Waals surface area contributed by atoms with Gasteiger partial charge in [0.15, 0.2) is 12.4 Å². The van der Waals surface area contributed by atoms with Gasteiger partial charge in [-0.2, -0.15) is 0 Å². The zero-order valence-electron chi connectivity index (χ0n) is 16.1. The Hall–Kier alpha value is -4.12. The molecule has 4 aromatic rings. The highest BCUT2D eigenvalue weighted by molar-refractivity contribution is 5.79. The van der Waals surface area contributed by atoms with Gasteiger partial charge in [-0.3, -0.25) is 0 Å². The number of aliphatic carboxylic acids is 1. The van der Waals surface area contributed by atoms with E-state index in [1.807, 2.05) is 72.8 Å². The van der Waals surface area contributed by atoms with E-state index in [0.717, 1.165) is 22.4 Å². The number of nitrogens with zero attached hydrogens (tertiary/aromatic N) is 1. The van der Waals surface area contributed by atoms with Gasteiger partial charge in [0.25, 0.3) is 0 Å². The second kappa shape index (κ2) is 8.92. The Morgan fingerprint density at radius 3 is 2.20 bits per heavy atom. The lowest BCUT2D eigenvalue weighted by molar-refractivity contribution is -0.139. The molecule has 0 aliphatic heterocycles. The van der Waals surface area contributed by atoms with Crippen LogP contribution in [0.4, 0.5) is 0 Å². The standard InChI is InChI=1S/C25H19NO4/c27-23(28)17-29-21-14-8-7-9-18(21)15-16-22-26-24(19-10-3-1-4-11-19)25(30-22)20-12-5-2-6-13-20/h1-16H,17H2,(H,27,28)/b16-15+. The largest absolute Gasteiger partial charge is 0.481 e. The lowest BCUT2D eigenvalue weighted by atomic mass is 10.1. The molecule has 5 heteroatoms. The number of hydrogen-bond donors (Lipinski definition) is 1. The van der Waals surface area contributed by atoms with Crippen molar-refractivity contribution in [1.29, 1.82) is 0 Å². The summed E-state index contributed by atoms with van der Waals surface area (Å²) in [7, 11) is 0. The summed E-state index contributed by atoms with van der Waals surface area (Å²) in [5.74, 6) is 0.591. The topological polar surface area (TPSA) is 72.6 Å². The molecule has 0 atom stereocenters. The summed E-state index contributed by atoms with van der Waals surface area (Å²) in [4.78, 5) is 15.5. The maximum atomic E-state index is 10.8. The molecule has 3 aromatic carbocycles. The highest BCUT2D eigenvalue weighted by Crippen LogP contribution is 2.33. The Balaban J connectivity index is 1.69. The van der Waals surface area contributed by atoms with Crippen LogP contribution in [0.2, 0.25) is 0 Å². The smallest absolute Gasteiger partial charge is 0.341 e. The van der Waals surface area contributed by atoms with Crippen LogP contribution in [0.1, 0.15) is 11.5 Å². The van der Waals surface area contributed by atoms with Crippen LogP contribution >= 0.6 is 0 Å². The van der Waals surface area contributed by atoms with Gasteiger partial charge in [0.2, 0.25) is 5.89 Å². The molecule has 0 saturated heterocycles. The van der Waals surface area contributed by atoms with Crippen molar-refractivity contribution in [3.05, 3.63) is 96.4 Å². The molecule has 1 N–H and O–H groups in total. The highest BCUT2D eigenvalue weighted by Gasteiger charge is 2.15. The number of carbonyl (C=O) groups is 1. The third-order valence-corrected chi connectivity index (χ3v) is 4.40. The Morgan fingerprint density at radius 2 is 1.50 bits per heavy atom. The number of para-hydroxylation sites is 1. The maximum Gasteiger partial charge on any atom is 0.341 e. The van der Waals surface area contributed by atoms with Gasteiger partial charge in [-0.05, 0) is 12.1 Å². The maximum absolute atomic E-state index is 10.8. The minimum Gasteiger partial charge on any atom is -0.481 e. The molecule has 148 valence electrons. The Morgan fingerprint density at radius 1 is 0.867 bits per heavy atom. The van der Waals surface area contributed by atoms with Crippen molar-refractivity contribution in [1.82, 2.24) is 4.98 Å². The number of carboxylic acids is 1. The Kier molecular flexibility index (Phi) is 5.71. The average molecular weight is 397 g/mol. The van der Waals surface area contributed by atoms with Crippen LogP contribution in [0.15, 0.2) is 89.3 Å². The van der Waals surface area contributed by atoms with E-state index in [1.165, 1.54) is 0 Å². The summed E-state index contributed by atoms with van der Waals surface area (Å²) >= 11 is 0. The summed E-state index contributed by atoms with van der Waals surface area (Å²) in [5, 5.41) is 8.86. The number of carboxylic acid groups (broad SMARTS) is 1. The lowest BCUT2D eigenvalue weighted by Gasteiger charge is -2.06. The minimum absolute atomic E-state index is 0.403. The molecule has 30 heavy (non-hydrogen) atoms. The predicted octanol–water partition coefficient (Wildman–Crippen LogP) is 5.64. The molecule has 1 aromatic heterocycles. The summed E-state index contributed by atoms with van der Waals surface area (Å²) in [5.41, 5.74) is 3.40. The van der Waals surface area contributed by atoms with E-state index in [0.29, 0.717) is 17.4 Å². The van der Waals surface area contributed by atoms with Crippen LogP contribution in [0.25, 0.3) is 34.7 Å². The molecule has 5 nitrogen and oxygen atoms in total. The summed E-state index contributed by atoms with van der Waals surface area (Å²) < 4.78 is 11.4. The molecule has 1 heterocycles. The fraction of sp³-hybridized carbons (Fsp3) is 0.0400. The molecule has 0 bridgehead atoms. The first-order valence-corrected chi connectivity index (χ1v) is 9.44. The summed E-state index contributed by atoms with van der Waals surface area (Å²) in [6, 6.07) is 26.9. The molecule has 0 radical (unpaired) electrons. The fourth-order valence-electron chi connectivity index (χ4n) is 3.04. The van der Waals surface area contributed by atoms with Gasteiger partial charge in [0, 0.05) is 22.8 Å². The monoisotopic (exact) mass is 397 g/mol. The van der Waals surface area contributed by atoms with E-state index in [9.17, 15) is 4.79 Å². The zero-order chi connectivity index (χ0) is 20.8. The van der Waals surface area contributed by atoms with Gasteiger partial charge >= 0.3 is 5.97 Å². The van der Waals surface area contributed by atoms with Gasteiger partial charge in [0.05, 0.1) is 0 Å². The molecule has 0 unspecified atom stereocenters. The number of oxazole rings is 1. The number of benzene rings is 3. The van der Waals surface area contributed by atoms with E-state index in [2.05, 4.69) is 4.98 Å². The van der Waals surface area contributed by atoms with Crippen LogP contribution in [0.5, 0.6) is 5.75 Å². The van der Waals surface area contributed by atoms with Gasteiger partial charge in [-0.15, -0.1) is 0 Å². The van der Waals surface area contributed by atoms with Gasteiger partial charge < -0.3 is 14.3 Å². The zero-order valence-corrected chi connectivity index (χ0v) is 16.1. The van der Waals surface area contributed by atoms with Crippen LogP contribution in [0, 0.1) is 0 Å². The second-order valence-electron chi connectivity index (χ2n) is 6.52.